The van der Waals surface area contributed by atoms with Crippen molar-refractivity contribution in [1.29, 1.82) is 0 Å². The third kappa shape index (κ3) is 3.73. The summed E-state index contributed by atoms with van der Waals surface area (Å²) in [6.45, 7) is 0. The second-order valence-electron chi connectivity index (χ2n) is 7.51. The number of aryl methyl sites for hydroxylation is 2. The van der Waals surface area contributed by atoms with Gasteiger partial charge in [0, 0.05) is 22.9 Å². The highest BCUT2D eigenvalue weighted by Gasteiger charge is 2.13. The van der Waals surface area contributed by atoms with Crippen molar-refractivity contribution in [3.8, 4) is 0 Å². The average Bonchev–Trinajstić information content (AvgIpc) is 3.05. The molecular formula is C27H23NS. The molecule has 4 aromatic carbocycles. The minimum absolute atomic E-state index is 1.20. The Balaban J connectivity index is 0.000000142. The smallest absolute Gasteiger partial charge is 0.0351 e. The fourth-order valence-corrected chi connectivity index (χ4v) is 4.99. The first-order valence-corrected chi connectivity index (χ1v) is 11.1. The highest BCUT2D eigenvalue weighted by Crippen LogP contribution is 2.33. The van der Waals surface area contributed by atoms with Crippen LogP contribution in [-0.4, -0.2) is 6.21 Å². The molecule has 0 spiro atoms. The van der Waals surface area contributed by atoms with Gasteiger partial charge in [-0.1, -0.05) is 78.5 Å². The highest BCUT2D eigenvalue weighted by atomic mass is 32.2. The highest BCUT2D eigenvalue weighted by molar-refractivity contribution is 8.02. The van der Waals surface area contributed by atoms with Crippen molar-refractivity contribution in [3.05, 3.63) is 101 Å². The van der Waals surface area contributed by atoms with Crippen molar-refractivity contribution in [2.45, 2.75) is 30.6 Å². The van der Waals surface area contributed by atoms with Crippen LogP contribution >= 0.6 is 11.8 Å². The first-order chi connectivity index (χ1) is 14.4. The van der Waals surface area contributed by atoms with Crippen LogP contribution < -0.4 is 0 Å². The van der Waals surface area contributed by atoms with E-state index in [1.165, 1.54) is 57.7 Å². The fourth-order valence-electron chi connectivity index (χ4n) is 4.30. The molecule has 0 bridgehead atoms. The minimum Gasteiger partial charge on any atom is -0.264 e. The molecule has 1 aliphatic heterocycles. The molecule has 1 aliphatic carbocycles. The summed E-state index contributed by atoms with van der Waals surface area (Å²) in [4.78, 5) is 5.35. The molecule has 0 atom stereocenters. The zero-order chi connectivity index (χ0) is 19.5. The summed E-state index contributed by atoms with van der Waals surface area (Å²) in [7, 11) is 0. The van der Waals surface area contributed by atoms with Crippen LogP contribution in [0.1, 0.15) is 29.5 Å². The van der Waals surface area contributed by atoms with E-state index in [0.717, 1.165) is 0 Å². The monoisotopic (exact) mass is 393 g/mol. The summed E-state index contributed by atoms with van der Waals surface area (Å²) < 4.78 is 0. The molecule has 0 saturated carbocycles. The van der Waals surface area contributed by atoms with Gasteiger partial charge < -0.3 is 0 Å². The second-order valence-corrected chi connectivity index (χ2v) is 8.46. The number of benzene rings is 4. The van der Waals surface area contributed by atoms with Crippen LogP contribution in [0.3, 0.4) is 0 Å². The largest absolute Gasteiger partial charge is 0.264 e. The summed E-state index contributed by atoms with van der Waals surface area (Å²) in [5.74, 6) is 0. The normalized spacial score (nSPS) is 14.6. The number of nitrogens with zero attached hydrogens (tertiary/aromatic N) is 1. The van der Waals surface area contributed by atoms with E-state index in [1.807, 2.05) is 30.0 Å². The third-order valence-electron chi connectivity index (χ3n) is 5.73. The van der Waals surface area contributed by atoms with Gasteiger partial charge in [-0.15, -0.1) is 0 Å². The van der Waals surface area contributed by atoms with Crippen molar-refractivity contribution >= 4 is 39.5 Å². The Kier molecular flexibility index (Phi) is 5.19. The topological polar surface area (TPSA) is 12.4 Å². The second kappa shape index (κ2) is 8.26. The Labute approximate surface area is 176 Å². The Hall–Kier alpha value is -2.84. The predicted molar refractivity (Wildman–Crippen MR) is 127 cm³/mol. The molecule has 1 nitrogen and oxygen atoms in total. The molecule has 0 unspecified atom stereocenters. The van der Waals surface area contributed by atoms with Gasteiger partial charge in [0.05, 0.1) is 0 Å². The molecule has 1 heterocycles. The summed E-state index contributed by atoms with van der Waals surface area (Å²) in [6.07, 6.45) is 8.91. The molecule has 4 aromatic rings. The average molecular weight is 394 g/mol. The number of hydrogen-bond donors (Lipinski definition) is 0. The van der Waals surface area contributed by atoms with Crippen LogP contribution in [0.25, 0.3) is 21.5 Å². The third-order valence-corrected chi connectivity index (χ3v) is 6.62. The van der Waals surface area contributed by atoms with E-state index in [0.29, 0.717) is 0 Å². The Bertz CT molecular complexity index is 1240. The Morgan fingerprint density at radius 2 is 1.52 bits per heavy atom. The van der Waals surface area contributed by atoms with Gasteiger partial charge in [-0.3, -0.25) is 4.99 Å². The lowest BCUT2D eigenvalue weighted by Gasteiger charge is -2.18. The lowest BCUT2D eigenvalue weighted by atomic mass is 9.86. The quantitative estimate of drug-likeness (QED) is 0.281. The van der Waals surface area contributed by atoms with E-state index in [4.69, 9.17) is 0 Å². The van der Waals surface area contributed by atoms with Crippen molar-refractivity contribution < 1.29 is 0 Å². The Morgan fingerprint density at radius 3 is 2.52 bits per heavy atom. The number of fused-ring (bicyclic) bond motifs is 6. The molecule has 142 valence electrons. The van der Waals surface area contributed by atoms with Gasteiger partial charge in [-0.25, -0.2) is 0 Å². The first kappa shape index (κ1) is 18.2. The number of aliphatic imine (C=N–C) groups is 1. The van der Waals surface area contributed by atoms with E-state index >= 15 is 0 Å². The SMILES string of the molecule is C1=CSc2ccccc2C=N1.c1ccc2c(c1)ccc1c3c(ccc12)CCCC3. The molecule has 29 heavy (non-hydrogen) atoms. The van der Waals surface area contributed by atoms with Gasteiger partial charge >= 0.3 is 0 Å². The molecule has 0 amide bonds. The molecule has 0 N–H and O–H groups in total. The lowest BCUT2D eigenvalue weighted by molar-refractivity contribution is 0.690. The number of hydrogen-bond acceptors (Lipinski definition) is 2. The van der Waals surface area contributed by atoms with Crippen LogP contribution in [-0.2, 0) is 12.8 Å². The molecule has 0 radical (unpaired) electrons. The van der Waals surface area contributed by atoms with Crippen molar-refractivity contribution in [2.75, 3.05) is 0 Å². The van der Waals surface area contributed by atoms with E-state index in [1.54, 1.807) is 22.9 Å². The van der Waals surface area contributed by atoms with Crippen molar-refractivity contribution in [1.82, 2.24) is 0 Å². The molecule has 6 rings (SSSR count). The van der Waals surface area contributed by atoms with Gasteiger partial charge in [0.2, 0.25) is 0 Å². The predicted octanol–water partition coefficient (Wildman–Crippen LogP) is 7.55. The summed E-state index contributed by atoms with van der Waals surface area (Å²) >= 11 is 1.70. The van der Waals surface area contributed by atoms with Gasteiger partial charge in [0.1, 0.15) is 0 Å². The summed E-state index contributed by atoms with van der Waals surface area (Å²) in [5, 5.41) is 7.63. The molecule has 0 aromatic heterocycles. The first-order valence-electron chi connectivity index (χ1n) is 10.3. The van der Waals surface area contributed by atoms with Crippen LogP contribution in [0.4, 0.5) is 0 Å². The van der Waals surface area contributed by atoms with Crippen LogP contribution in [0.15, 0.2) is 94.3 Å². The van der Waals surface area contributed by atoms with Gasteiger partial charge in [0.25, 0.3) is 0 Å². The maximum atomic E-state index is 4.09. The minimum atomic E-state index is 1.20. The zero-order valence-electron chi connectivity index (χ0n) is 16.3. The zero-order valence-corrected chi connectivity index (χ0v) is 17.2. The molecule has 2 aliphatic rings. The van der Waals surface area contributed by atoms with E-state index < -0.39 is 0 Å². The maximum absolute atomic E-state index is 4.09. The summed E-state index contributed by atoms with van der Waals surface area (Å²) in [5.41, 5.74) is 4.37. The lowest BCUT2D eigenvalue weighted by Crippen LogP contribution is -2.02. The van der Waals surface area contributed by atoms with Gasteiger partial charge in [0.15, 0.2) is 0 Å². The number of rotatable bonds is 0. The standard InChI is InChI=1S/C18H16.C9H7NS/c1-3-7-15-13(5-1)9-11-18-16-8-4-2-6-14(16)10-12-17(15)18;1-2-4-9-8(3-1)7-10-5-6-11-9/h1,3,5,7,9-12H,2,4,6,8H2;1-7H. The Morgan fingerprint density at radius 1 is 0.690 bits per heavy atom. The van der Waals surface area contributed by atoms with Crippen molar-refractivity contribution in [3.63, 3.8) is 0 Å². The summed E-state index contributed by atoms with van der Waals surface area (Å²) in [6, 6.07) is 26.2. The van der Waals surface area contributed by atoms with E-state index in [2.05, 4.69) is 65.7 Å². The number of thioether (sulfide) groups is 1. The van der Waals surface area contributed by atoms with Crippen LogP contribution in [0, 0.1) is 0 Å². The van der Waals surface area contributed by atoms with Crippen LogP contribution in [0.5, 0.6) is 0 Å². The van der Waals surface area contributed by atoms with Crippen molar-refractivity contribution in [2.24, 2.45) is 4.99 Å². The maximum Gasteiger partial charge on any atom is 0.0351 e. The molecule has 2 heteroatoms. The van der Waals surface area contributed by atoms with E-state index in [-0.39, 0.29) is 0 Å². The molecular weight excluding hydrogens is 370 g/mol. The molecule has 0 saturated heterocycles. The van der Waals surface area contributed by atoms with Gasteiger partial charge in [-0.2, -0.15) is 0 Å². The molecule has 0 fully saturated rings. The van der Waals surface area contributed by atoms with Gasteiger partial charge in [-0.05, 0) is 69.8 Å². The van der Waals surface area contributed by atoms with Crippen LogP contribution in [0.2, 0.25) is 0 Å². The fraction of sp³-hybridized carbons (Fsp3) is 0.148. The van der Waals surface area contributed by atoms with E-state index in [9.17, 15) is 0 Å².